The summed E-state index contributed by atoms with van der Waals surface area (Å²) in [5, 5.41) is 0. The third-order valence-electron chi connectivity index (χ3n) is 2.82. The summed E-state index contributed by atoms with van der Waals surface area (Å²) < 4.78 is 17.8. The zero-order valence-corrected chi connectivity index (χ0v) is 9.73. The fourth-order valence-electron chi connectivity index (χ4n) is 2.06. The zero-order valence-electron chi connectivity index (χ0n) is 9.73. The number of rotatable bonds is 3. The first-order valence-electron chi connectivity index (χ1n) is 5.77. The van der Waals surface area contributed by atoms with E-state index >= 15 is 0 Å². The number of carbonyl (C=O) groups is 1. The second-order valence-electron chi connectivity index (χ2n) is 3.94. The molecule has 0 radical (unpaired) electrons. The lowest BCUT2D eigenvalue weighted by molar-refractivity contribution is -0.144. The van der Waals surface area contributed by atoms with Crippen molar-refractivity contribution in [2.24, 2.45) is 0 Å². The van der Waals surface area contributed by atoms with Crippen LogP contribution in [0.1, 0.15) is 19.8 Å². The third kappa shape index (κ3) is 2.54. The summed E-state index contributed by atoms with van der Waals surface area (Å²) in [7, 11) is 0. The summed E-state index contributed by atoms with van der Waals surface area (Å²) >= 11 is 0. The largest absolute Gasteiger partial charge is 0.464 e. The Morgan fingerprint density at radius 2 is 2.47 bits per heavy atom. The molecule has 5 heteroatoms. The highest BCUT2D eigenvalue weighted by Gasteiger charge is 2.32. The van der Waals surface area contributed by atoms with Gasteiger partial charge in [-0.1, -0.05) is 0 Å². The molecule has 1 saturated heterocycles. The van der Waals surface area contributed by atoms with Crippen LogP contribution in [0.4, 0.5) is 10.2 Å². The van der Waals surface area contributed by atoms with Gasteiger partial charge in [0, 0.05) is 6.54 Å². The van der Waals surface area contributed by atoms with Gasteiger partial charge in [0.25, 0.3) is 0 Å². The van der Waals surface area contributed by atoms with Gasteiger partial charge in [-0.3, -0.25) is 0 Å². The maximum atomic E-state index is 12.8. The number of nitrogens with zero attached hydrogens (tertiary/aromatic N) is 2. The van der Waals surface area contributed by atoms with Crippen LogP contribution in [0.3, 0.4) is 0 Å². The lowest BCUT2D eigenvalue weighted by atomic mass is 10.2. The van der Waals surface area contributed by atoms with E-state index in [-0.39, 0.29) is 17.8 Å². The molecule has 1 fully saturated rings. The lowest BCUT2D eigenvalue weighted by Crippen LogP contribution is -2.37. The number of hydrogen-bond donors (Lipinski definition) is 0. The van der Waals surface area contributed by atoms with Crippen molar-refractivity contribution in [2.45, 2.75) is 25.8 Å². The van der Waals surface area contributed by atoms with Crippen LogP contribution in [0.25, 0.3) is 0 Å². The van der Waals surface area contributed by atoms with Gasteiger partial charge in [0.2, 0.25) is 0 Å². The topological polar surface area (TPSA) is 42.4 Å². The van der Waals surface area contributed by atoms with Crippen LogP contribution in [-0.2, 0) is 9.53 Å². The minimum atomic E-state index is -0.374. The molecule has 1 aromatic rings. The van der Waals surface area contributed by atoms with E-state index in [9.17, 15) is 9.18 Å². The quantitative estimate of drug-likeness (QED) is 0.752. The second kappa shape index (κ2) is 5.12. The average molecular weight is 238 g/mol. The number of carbonyl (C=O) groups excluding carboxylic acids is 1. The molecule has 0 N–H and O–H groups in total. The zero-order chi connectivity index (χ0) is 12.3. The van der Waals surface area contributed by atoms with E-state index < -0.39 is 0 Å². The molecule has 17 heavy (non-hydrogen) atoms. The van der Waals surface area contributed by atoms with E-state index in [2.05, 4.69) is 4.98 Å². The molecule has 1 aromatic heterocycles. The summed E-state index contributed by atoms with van der Waals surface area (Å²) in [5.41, 5.74) is 0. The summed E-state index contributed by atoms with van der Waals surface area (Å²) in [6.45, 7) is 2.91. The molecular weight excluding hydrogens is 223 g/mol. The van der Waals surface area contributed by atoms with Crippen molar-refractivity contribution >= 4 is 11.8 Å². The van der Waals surface area contributed by atoms with Crippen LogP contribution < -0.4 is 4.90 Å². The van der Waals surface area contributed by atoms with E-state index in [4.69, 9.17) is 4.74 Å². The summed E-state index contributed by atoms with van der Waals surface area (Å²) in [6, 6.07) is 2.66. The van der Waals surface area contributed by atoms with Gasteiger partial charge in [0.15, 0.2) is 0 Å². The third-order valence-corrected chi connectivity index (χ3v) is 2.82. The molecule has 2 heterocycles. The number of ether oxygens (including phenoxy) is 1. The Labute approximate surface area is 99.4 Å². The summed E-state index contributed by atoms with van der Waals surface area (Å²) in [4.78, 5) is 17.6. The van der Waals surface area contributed by atoms with Crippen LogP contribution in [-0.4, -0.2) is 30.1 Å². The highest BCUT2D eigenvalue weighted by Crippen LogP contribution is 2.24. The van der Waals surface area contributed by atoms with Gasteiger partial charge < -0.3 is 9.64 Å². The number of hydrogen-bond acceptors (Lipinski definition) is 4. The van der Waals surface area contributed by atoms with E-state index in [0.29, 0.717) is 12.4 Å². The van der Waals surface area contributed by atoms with E-state index in [0.717, 1.165) is 25.6 Å². The maximum Gasteiger partial charge on any atom is 0.328 e. The van der Waals surface area contributed by atoms with Gasteiger partial charge in [0.1, 0.15) is 17.7 Å². The van der Waals surface area contributed by atoms with E-state index in [1.807, 2.05) is 4.90 Å². The molecule has 4 nitrogen and oxygen atoms in total. The fourth-order valence-corrected chi connectivity index (χ4v) is 2.06. The van der Waals surface area contributed by atoms with Crippen molar-refractivity contribution in [1.29, 1.82) is 0 Å². The molecule has 0 bridgehead atoms. The Morgan fingerprint density at radius 3 is 3.12 bits per heavy atom. The SMILES string of the molecule is CCOC(=O)C1CCCN1c1ccc(F)cn1. The molecule has 92 valence electrons. The van der Waals surface area contributed by atoms with Crippen LogP contribution in [0.5, 0.6) is 0 Å². The normalized spacial score (nSPS) is 19.4. The number of pyridine rings is 1. The van der Waals surface area contributed by atoms with E-state index in [1.165, 1.54) is 6.07 Å². The van der Waals surface area contributed by atoms with Crippen molar-refractivity contribution in [3.8, 4) is 0 Å². The molecule has 0 saturated carbocycles. The predicted molar refractivity (Wildman–Crippen MR) is 61.2 cm³/mol. The van der Waals surface area contributed by atoms with Crippen molar-refractivity contribution in [3.05, 3.63) is 24.1 Å². The minimum Gasteiger partial charge on any atom is -0.464 e. The Morgan fingerprint density at radius 1 is 1.65 bits per heavy atom. The first-order valence-corrected chi connectivity index (χ1v) is 5.77. The molecule has 1 unspecified atom stereocenters. The molecule has 0 amide bonds. The van der Waals surface area contributed by atoms with Crippen molar-refractivity contribution < 1.29 is 13.9 Å². The Kier molecular flexibility index (Phi) is 3.56. The highest BCUT2D eigenvalue weighted by atomic mass is 19.1. The second-order valence-corrected chi connectivity index (χ2v) is 3.94. The number of anilines is 1. The summed E-state index contributed by atoms with van der Waals surface area (Å²) in [6.07, 6.45) is 2.84. The molecular formula is C12H15FN2O2. The summed E-state index contributed by atoms with van der Waals surface area (Å²) in [5.74, 6) is 0.0266. The van der Waals surface area contributed by atoms with Gasteiger partial charge in [-0.15, -0.1) is 0 Å². The van der Waals surface area contributed by atoms with Crippen LogP contribution >= 0.6 is 0 Å². The van der Waals surface area contributed by atoms with Crippen molar-refractivity contribution in [1.82, 2.24) is 4.98 Å². The van der Waals surface area contributed by atoms with Gasteiger partial charge >= 0.3 is 5.97 Å². The first-order chi connectivity index (χ1) is 8.22. The van der Waals surface area contributed by atoms with Crippen molar-refractivity contribution in [3.63, 3.8) is 0 Å². The van der Waals surface area contributed by atoms with Crippen LogP contribution in [0.2, 0.25) is 0 Å². The molecule has 1 aliphatic heterocycles. The number of esters is 1. The Hall–Kier alpha value is -1.65. The van der Waals surface area contributed by atoms with Crippen LogP contribution in [0.15, 0.2) is 18.3 Å². The highest BCUT2D eigenvalue weighted by molar-refractivity contribution is 5.80. The van der Waals surface area contributed by atoms with Gasteiger partial charge in [-0.2, -0.15) is 0 Å². The standard InChI is InChI=1S/C12H15FN2O2/c1-2-17-12(16)10-4-3-7-15(10)11-6-5-9(13)8-14-11/h5-6,8,10H,2-4,7H2,1H3. The molecule has 1 aliphatic rings. The van der Waals surface area contributed by atoms with Gasteiger partial charge in [-0.25, -0.2) is 14.2 Å². The van der Waals surface area contributed by atoms with E-state index in [1.54, 1.807) is 13.0 Å². The minimum absolute atomic E-state index is 0.226. The first kappa shape index (κ1) is 11.8. The van der Waals surface area contributed by atoms with Gasteiger partial charge in [0.05, 0.1) is 12.8 Å². The average Bonchev–Trinajstić information content (AvgIpc) is 2.79. The molecule has 0 aromatic carbocycles. The molecule has 2 rings (SSSR count). The lowest BCUT2D eigenvalue weighted by Gasteiger charge is -2.23. The number of halogens is 1. The Bertz CT molecular complexity index is 394. The Balaban J connectivity index is 2.14. The van der Waals surface area contributed by atoms with Gasteiger partial charge in [-0.05, 0) is 31.9 Å². The smallest absolute Gasteiger partial charge is 0.328 e. The maximum absolute atomic E-state index is 12.8. The predicted octanol–water partition coefficient (Wildman–Crippen LogP) is 1.75. The molecule has 0 spiro atoms. The van der Waals surface area contributed by atoms with Crippen LogP contribution in [0, 0.1) is 5.82 Å². The fraction of sp³-hybridized carbons (Fsp3) is 0.500. The molecule has 0 aliphatic carbocycles. The van der Waals surface area contributed by atoms with Crippen molar-refractivity contribution in [2.75, 3.05) is 18.1 Å². The molecule has 1 atom stereocenters. The number of aromatic nitrogens is 1. The monoisotopic (exact) mass is 238 g/mol.